The van der Waals surface area contributed by atoms with Crippen LogP contribution in [0.25, 0.3) is 0 Å². The fourth-order valence-corrected chi connectivity index (χ4v) is 4.16. The van der Waals surface area contributed by atoms with Crippen molar-refractivity contribution in [3.63, 3.8) is 0 Å². The Kier molecular flexibility index (Phi) is 4.76. The summed E-state index contributed by atoms with van der Waals surface area (Å²) in [6, 6.07) is 0. The molecule has 3 heterocycles. The van der Waals surface area contributed by atoms with Gasteiger partial charge in [0, 0.05) is 31.3 Å². The maximum atomic E-state index is 12.2. The maximum Gasteiger partial charge on any atom is 0.227 e. The highest BCUT2D eigenvalue weighted by molar-refractivity contribution is 7.15. The third-order valence-electron chi connectivity index (χ3n) is 4.75. The summed E-state index contributed by atoms with van der Waals surface area (Å²) in [5.41, 5.74) is 0. The Bertz CT molecular complexity index is 738. The van der Waals surface area contributed by atoms with Crippen LogP contribution >= 0.6 is 11.3 Å². The summed E-state index contributed by atoms with van der Waals surface area (Å²) in [5, 5.41) is 20.0. The quantitative estimate of drug-likeness (QED) is 0.817. The molecule has 0 aromatic carbocycles. The van der Waals surface area contributed by atoms with Gasteiger partial charge >= 0.3 is 0 Å². The molecule has 2 aromatic rings. The molecule has 134 valence electrons. The minimum Gasteiger partial charge on any atom is -0.302 e. The van der Waals surface area contributed by atoms with E-state index >= 15 is 0 Å². The van der Waals surface area contributed by atoms with Gasteiger partial charge in [-0.05, 0) is 39.2 Å². The molecule has 1 saturated carbocycles. The van der Waals surface area contributed by atoms with Crippen LogP contribution in [0.15, 0.2) is 0 Å². The van der Waals surface area contributed by atoms with E-state index in [9.17, 15) is 4.79 Å². The van der Waals surface area contributed by atoms with E-state index in [2.05, 4.69) is 35.6 Å². The molecule has 1 atom stereocenters. The molecule has 0 bridgehead atoms. The molecular formula is C16H23N7OS. The van der Waals surface area contributed by atoms with E-state index in [-0.39, 0.29) is 5.91 Å². The van der Waals surface area contributed by atoms with Crippen LogP contribution in [0.5, 0.6) is 0 Å². The molecule has 8 nitrogen and oxygen atoms in total. The number of H-pyrrole nitrogens is 1. The fraction of sp³-hybridized carbons (Fsp3) is 0.688. The summed E-state index contributed by atoms with van der Waals surface area (Å²) in [6.07, 6.45) is 5.08. The lowest BCUT2D eigenvalue weighted by atomic mass is 9.97. The van der Waals surface area contributed by atoms with Gasteiger partial charge in [-0.1, -0.05) is 11.3 Å². The molecule has 9 heteroatoms. The van der Waals surface area contributed by atoms with E-state index in [4.69, 9.17) is 0 Å². The van der Waals surface area contributed by atoms with Gasteiger partial charge in [0.05, 0.1) is 0 Å². The first-order valence-electron chi connectivity index (χ1n) is 8.92. The lowest BCUT2D eigenvalue weighted by Gasteiger charge is -2.31. The van der Waals surface area contributed by atoms with Gasteiger partial charge in [-0.15, -0.1) is 10.2 Å². The van der Waals surface area contributed by atoms with E-state index < -0.39 is 0 Å². The second-order valence-electron chi connectivity index (χ2n) is 6.94. The molecule has 0 unspecified atom stereocenters. The van der Waals surface area contributed by atoms with E-state index in [0.717, 1.165) is 49.1 Å². The second-order valence-corrected chi connectivity index (χ2v) is 7.95. The van der Waals surface area contributed by atoms with E-state index in [1.54, 1.807) is 0 Å². The molecule has 25 heavy (non-hydrogen) atoms. The normalized spacial score (nSPS) is 21.4. The Balaban J connectivity index is 1.24. The number of aromatic nitrogens is 5. The molecule has 2 aliphatic rings. The SMILES string of the molecule is Cc1nc([C@H]2CCCN(CCC(=O)Nc3nnc(C4CC4)s3)C2)n[nH]1. The maximum absolute atomic E-state index is 12.2. The molecule has 2 aromatic heterocycles. The van der Waals surface area contributed by atoms with Crippen molar-refractivity contribution in [1.82, 2.24) is 30.3 Å². The Labute approximate surface area is 150 Å². The topological polar surface area (TPSA) is 99.7 Å². The van der Waals surface area contributed by atoms with Crippen molar-refractivity contribution in [3.8, 4) is 0 Å². The molecule has 1 saturated heterocycles. The number of aryl methyl sites for hydroxylation is 1. The zero-order valence-electron chi connectivity index (χ0n) is 14.4. The summed E-state index contributed by atoms with van der Waals surface area (Å²) in [7, 11) is 0. The van der Waals surface area contributed by atoms with Gasteiger partial charge < -0.3 is 10.2 Å². The third-order valence-corrected chi connectivity index (χ3v) is 5.76. The summed E-state index contributed by atoms with van der Waals surface area (Å²) in [5.74, 6) is 2.69. The van der Waals surface area contributed by atoms with Gasteiger partial charge in [0.25, 0.3) is 0 Å². The second kappa shape index (κ2) is 7.17. The number of carbonyl (C=O) groups is 1. The van der Waals surface area contributed by atoms with Crippen LogP contribution in [-0.4, -0.2) is 55.8 Å². The van der Waals surface area contributed by atoms with Crippen molar-refractivity contribution >= 4 is 22.4 Å². The summed E-state index contributed by atoms with van der Waals surface area (Å²) in [6.45, 7) is 4.61. The molecular weight excluding hydrogens is 338 g/mol. The summed E-state index contributed by atoms with van der Waals surface area (Å²) < 4.78 is 0. The minimum atomic E-state index is 0.00867. The van der Waals surface area contributed by atoms with Crippen molar-refractivity contribution in [3.05, 3.63) is 16.7 Å². The number of nitrogens with zero attached hydrogens (tertiary/aromatic N) is 5. The first-order chi connectivity index (χ1) is 12.2. The molecule has 1 aliphatic heterocycles. The van der Waals surface area contributed by atoms with E-state index in [1.807, 2.05) is 6.92 Å². The molecule has 0 spiro atoms. The van der Waals surface area contributed by atoms with E-state index in [1.165, 1.54) is 24.2 Å². The number of carbonyl (C=O) groups excluding carboxylic acids is 1. The van der Waals surface area contributed by atoms with Crippen LogP contribution < -0.4 is 5.32 Å². The highest BCUT2D eigenvalue weighted by Crippen LogP contribution is 2.42. The molecule has 2 N–H and O–H groups in total. The highest BCUT2D eigenvalue weighted by atomic mass is 32.1. The van der Waals surface area contributed by atoms with Gasteiger partial charge in [-0.3, -0.25) is 9.89 Å². The minimum absolute atomic E-state index is 0.00867. The van der Waals surface area contributed by atoms with Crippen molar-refractivity contribution in [2.45, 2.75) is 50.9 Å². The summed E-state index contributed by atoms with van der Waals surface area (Å²) in [4.78, 5) is 19.0. The number of piperidine rings is 1. The smallest absolute Gasteiger partial charge is 0.227 e. The molecule has 0 radical (unpaired) electrons. The van der Waals surface area contributed by atoms with Crippen molar-refractivity contribution < 1.29 is 4.79 Å². The van der Waals surface area contributed by atoms with Gasteiger partial charge in [-0.25, -0.2) is 4.98 Å². The molecule has 1 aliphatic carbocycles. The van der Waals surface area contributed by atoms with Crippen molar-refractivity contribution in [2.75, 3.05) is 25.0 Å². The van der Waals surface area contributed by atoms with Crippen LogP contribution in [0.3, 0.4) is 0 Å². The van der Waals surface area contributed by atoms with Gasteiger partial charge in [0.1, 0.15) is 10.8 Å². The van der Waals surface area contributed by atoms with Gasteiger partial charge in [0.2, 0.25) is 11.0 Å². The average Bonchev–Trinajstić information content (AvgIpc) is 3.21. The predicted octanol–water partition coefficient (Wildman–Crippen LogP) is 2.05. The largest absolute Gasteiger partial charge is 0.302 e. The number of hydrogen-bond acceptors (Lipinski definition) is 7. The molecule has 4 rings (SSSR count). The Hall–Kier alpha value is -1.87. The summed E-state index contributed by atoms with van der Waals surface area (Å²) >= 11 is 1.51. The number of hydrogen-bond donors (Lipinski definition) is 2. The average molecular weight is 361 g/mol. The number of amides is 1. The Morgan fingerprint density at radius 3 is 2.96 bits per heavy atom. The predicted molar refractivity (Wildman–Crippen MR) is 94.7 cm³/mol. The van der Waals surface area contributed by atoms with Gasteiger partial charge in [0.15, 0.2) is 5.82 Å². The number of rotatable bonds is 6. The number of likely N-dealkylation sites (tertiary alicyclic amines) is 1. The number of anilines is 1. The monoisotopic (exact) mass is 361 g/mol. The molecule has 2 fully saturated rings. The lowest BCUT2D eigenvalue weighted by molar-refractivity contribution is -0.116. The fourth-order valence-electron chi connectivity index (χ4n) is 3.23. The standard InChI is InChI=1S/C16H23N7OS/c1-10-17-14(20-19-10)12-3-2-7-23(9-12)8-6-13(24)18-16-22-21-15(25-16)11-4-5-11/h11-12H,2-9H2,1H3,(H,17,19,20)(H,18,22,24)/t12-/m0/s1. The first kappa shape index (κ1) is 16.6. The van der Waals surface area contributed by atoms with Crippen molar-refractivity contribution in [2.24, 2.45) is 0 Å². The van der Waals surface area contributed by atoms with E-state index in [0.29, 0.717) is 23.4 Å². The zero-order chi connectivity index (χ0) is 17.2. The van der Waals surface area contributed by atoms with Crippen LogP contribution in [-0.2, 0) is 4.79 Å². The van der Waals surface area contributed by atoms with Crippen molar-refractivity contribution in [1.29, 1.82) is 0 Å². The molecule has 1 amide bonds. The van der Waals surface area contributed by atoms with Crippen LogP contribution in [0.4, 0.5) is 5.13 Å². The third kappa shape index (κ3) is 4.21. The zero-order valence-corrected chi connectivity index (χ0v) is 15.2. The number of aromatic amines is 1. The number of nitrogens with one attached hydrogen (secondary N) is 2. The van der Waals surface area contributed by atoms with Crippen LogP contribution in [0.1, 0.15) is 60.6 Å². The van der Waals surface area contributed by atoms with Crippen LogP contribution in [0.2, 0.25) is 0 Å². The lowest BCUT2D eigenvalue weighted by Crippen LogP contribution is -2.36. The van der Waals surface area contributed by atoms with Crippen LogP contribution in [0, 0.1) is 6.92 Å². The van der Waals surface area contributed by atoms with Gasteiger partial charge in [-0.2, -0.15) is 5.10 Å². The Morgan fingerprint density at radius 2 is 2.20 bits per heavy atom. The first-order valence-corrected chi connectivity index (χ1v) is 9.73. The Morgan fingerprint density at radius 1 is 1.32 bits per heavy atom. The highest BCUT2D eigenvalue weighted by Gasteiger charge is 2.28.